The molecule has 1 unspecified atom stereocenters. The van der Waals surface area contributed by atoms with Gasteiger partial charge in [0.1, 0.15) is 5.76 Å². The van der Waals surface area contributed by atoms with Gasteiger partial charge in [-0.2, -0.15) is 0 Å². The van der Waals surface area contributed by atoms with Crippen LogP contribution in [0.1, 0.15) is 23.6 Å². The highest BCUT2D eigenvalue weighted by atomic mass is 35.5. The molecule has 8 heteroatoms. The molecule has 1 aliphatic heterocycles. The molecule has 2 aromatic rings. The summed E-state index contributed by atoms with van der Waals surface area (Å²) in [5.41, 5.74) is 0.924. The van der Waals surface area contributed by atoms with Crippen LogP contribution in [0.4, 0.5) is 0 Å². The number of pyridine rings is 1. The SMILES string of the molecule is COCCCN1C(=O)C(=O)/C(=C(\O)c2ccc(Cl)c(Cl)c2)C1c1cccnc1. The molecule has 146 valence electrons. The number of hydrogen-bond donors (Lipinski definition) is 1. The van der Waals surface area contributed by atoms with Crippen molar-refractivity contribution in [2.75, 3.05) is 20.3 Å². The van der Waals surface area contributed by atoms with E-state index in [2.05, 4.69) is 4.98 Å². The van der Waals surface area contributed by atoms with E-state index in [9.17, 15) is 14.7 Å². The van der Waals surface area contributed by atoms with Gasteiger partial charge in [-0.1, -0.05) is 29.3 Å². The number of Topliss-reactive ketones (excluding diaryl/α,β-unsaturated/α-hetero) is 1. The molecule has 0 radical (unpaired) electrons. The number of aromatic nitrogens is 1. The summed E-state index contributed by atoms with van der Waals surface area (Å²) in [7, 11) is 1.57. The molecule has 6 nitrogen and oxygen atoms in total. The second kappa shape index (κ2) is 8.73. The fourth-order valence-corrected chi connectivity index (χ4v) is 3.47. The summed E-state index contributed by atoms with van der Waals surface area (Å²) in [4.78, 5) is 31.0. The van der Waals surface area contributed by atoms with Crippen LogP contribution in [0.25, 0.3) is 5.76 Å². The highest BCUT2D eigenvalue weighted by Gasteiger charge is 2.45. The lowest BCUT2D eigenvalue weighted by atomic mass is 9.96. The van der Waals surface area contributed by atoms with Crippen molar-refractivity contribution in [3.05, 3.63) is 69.5 Å². The molecular weight excluding hydrogens is 403 g/mol. The second-order valence-electron chi connectivity index (χ2n) is 6.25. The molecule has 0 aliphatic carbocycles. The standard InChI is InChI=1S/C20H18Cl2N2O4/c1-28-9-3-8-24-17(13-4-2-7-23-11-13)16(19(26)20(24)27)18(25)12-5-6-14(21)15(22)10-12/h2,4-7,10-11,17,25H,3,8-9H2,1H3/b18-16-. The van der Waals surface area contributed by atoms with E-state index in [1.165, 1.54) is 17.0 Å². The first-order chi connectivity index (χ1) is 13.5. The molecular formula is C20H18Cl2N2O4. The minimum Gasteiger partial charge on any atom is -0.507 e. The molecule has 1 aromatic carbocycles. The van der Waals surface area contributed by atoms with E-state index in [0.29, 0.717) is 35.7 Å². The molecule has 0 saturated carbocycles. The summed E-state index contributed by atoms with van der Waals surface area (Å²) in [5.74, 6) is -1.73. The first kappa shape index (κ1) is 20.3. The van der Waals surface area contributed by atoms with Gasteiger partial charge in [0.25, 0.3) is 11.7 Å². The molecule has 1 amide bonds. The first-order valence-corrected chi connectivity index (χ1v) is 9.34. The second-order valence-corrected chi connectivity index (χ2v) is 7.07. The van der Waals surface area contributed by atoms with E-state index >= 15 is 0 Å². The average molecular weight is 421 g/mol. The highest BCUT2D eigenvalue weighted by Crippen LogP contribution is 2.39. The van der Waals surface area contributed by atoms with Gasteiger partial charge in [0.05, 0.1) is 21.7 Å². The van der Waals surface area contributed by atoms with Crippen molar-refractivity contribution in [2.24, 2.45) is 0 Å². The van der Waals surface area contributed by atoms with Gasteiger partial charge in [-0.25, -0.2) is 0 Å². The van der Waals surface area contributed by atoms with E-state index in [-0.39, 0.29) is 16.4 Å². The average Bonchev–Trinajstić information content (AvgIpc) is 2.95. The monoisotopic (exact) mass is 420 g/mol. The van der Waals surface area contributed by atoms with E-state index in [1.807, 2.05) is 0 Å². The van der Waals surface area contributed by atoms with Crippen molar-refractivity contribution in [3.63, 3.8) is 0 Å². The predicted molar refractivity (Wildman–Crippen MR) is 106 cm³/mol. The van der Waals surface area contributed by atoms with Crippen LogP contribution in [0.15, 0.2) is 48.3 Å². The van der Waals surface area contributed by atoms with E-state index in [4.69, 9.17) is 27.9 Å². The van der Waals surface area contributed by atoms with Crippen LogP contribution < -0.4 is 0 Å². The van der Waals surface area contributed by atoms with Crippen molar-refractivity contribution in [1.82, 2.24) is 9.88 Å². The Hall–Kier alpha value is -2.41. The van der Waals surface area contributed by atoms with Gasteiger partial charge in [0, 0.05) is 38.2 Å². The molecule has 1 atom stereocenters. The van der Waals surface area contributed by atoms with Crippen molar-refractivity contribution >= 4 is 40.7 Å². The quantitative estimate of drug-likeness (QED) is 0.332. The molecule has 2 heterocycles. The van der Waals surface area contributed by atoms with Crippen LogP contribution in [0.2, 0.25) is 10.0 Å². The van der Waals surface area contributed by atoms with E-state index in [0.717, 1.165) is 0 Å². The fraction of sp³-hybridized carbons (Fsp3) is 0.250. The lowest BCUT2D eigenvalue weighted by Crippen LogP contribution is -2.31. The Morgan fingerprint density at radius 3 is 2.68 bits per heavy atom. The topological polar surface area (TPSA) is 79.7 Å². The third kappa shape index (κ3) is 3.90. The van der Waals surface area contributed by atoms with Crippen molar-refractivity contribution in [1.29, 1.82) is 0 Å². The molecule has 1 saturated heterocycles. The van der Waals surface area contributed by atoms with Gasteiger partial charge in [-0.3, -0.25) is 14.6 Å². The van der Waals surface area contributed by atoms with Gasteiger partial charge in [-0.15, -0.1) is 0 Å². The summed E-state index contributed by atoms with van der Waals surface area (Å²) in [5, 5.41) is 11.4. The summed E-state index contributed by atoms with van der Waals surface area (Å²) in [6.07, 6.45) is 3.72. The smallest absolute Gasteiger partial charge is 0.295 e. The number of methoxy groups -OCH3 is 1. The molecule has 1 aliphatic rings. The lowest BCUT2D eigenvalue weighted by molar-refractivity contribution is -0.140. The molecule has 0 bridgehead atoms. The number of ketones is 1. The minimum atomic E-state index is -0.755. The number of carbonyl (C=O) groups is 2. The number of amides is 1. The van der Waals surface area contributed by atoms with Gasteiger partial charge < -0.3 is 14.7 Å². The number of nitrogens with zero attached hydrogens (tertiary/aromatic N) is 2. The van der Waals surface area contributed by atoms with E-state index in [1.54, 1.807) is 37.7 Å². The first-order valence-electron chi connectivity index (χ1n) is 8.58. The third-order valence-corrected chi connectivity index (χ3v) is 5.22. The Morgan fingerprint density at radius 2 is 2.04 bits per heavy atom. The number of benzene rings is 1. The summed E-state index contributed by atoms with van der Waals surface area (Å²) < 4.78 is 5.05. The normalized spacial score (nSPS) is 18.7. The number of aliphatic hydroxyl groups excluding tert-OH is 1. The fourth-order valence-electron chi connectivity index (χ4n) is 3.17. The molecule has 1 fully saturated rings. The van der Waals surface area contributed by atoms with Crippen LogP contribution in [0.5, 0.6) is 0 Å². The van der Waals surface area contributed by atoms with Crippen molar-refractivity contribution in [2.45, 2.75) is 12.5 Å². The number of likely N-dealkylation sites (tertiary alicyclic amines) is 1. The Morgan fingerprint density at radius 1 is 1.25 bits per heavy atom. The predicted octanol–water partition coefficient (Wildman–Crippen LogP) is 3.85. The molecule has 28 heavy (non-hydrogen) atoms. The highest BCUT2D eigenvalue weighted by molar-refractivity contribution is 6.46. The van der Waals surface area contributed by atoms with Crippen LogP contribution in [-0.2, 0) is 14.3 Å². The van der Waals surface area contributed by atoms with Crippen LogP contribution >= 0.6 is 23.2 Å². The molecule has 1 N–H and O–H groups in total. The Kier molecular flexibility index (Phi) is 6.34. The molecule has 0 spiro atoms. The van der Waals surface area contributed by atoms with Crippen molar-refractivity contribution in [3.8, 4) is 0 Å². The van der Waals surface area contributed by atoms with Gasteiger partial charge >= 0.3 is 0 Å². The maximum absolute atomic E-state index is 12.8. The van der Waals surface area contributed by atoms with Crippen molar-refractivity contribution < 1.29 is 19.4 Å². The zero-order valence-electron chi connectivity index (χ0n) is 15.1. The minimum absolute atomic E-state index is 0.00574. The maximum atomic E-state index is 12.8. The molecule has 1 aromatic heterocycles. The number of hydrogen-bond acceptors (Lipinski definition) is 5. The van der Waals surface area contributed by atoms with Crippen LogP contribution in [0.3, 0.4) is 0 Å². The number of carbonyl (C=O) groups excluding carboxylic acids is 2. The zero-order chi connectivity index (χ0) is 20.3. The van der Waals surface area contributed by atoms with Gasteiger partial charge in [0.15, 0.2) is 0 Å². The Bertz CT molecular complexity index is 931. The van der Waals surface area contributed by atoms with Crippen LogP contribution in [-0.4, -0.2) is 46.9 Å². The Balaban J connectivity index is 2.12. The zero-order valence-corrected chi connectivity index (χ0v) is 16.6. The van der Waals surface area contributed by atoms with E-state index < -0.39 is 17.7 Å². The molecule has 3 rings (SSSR count). The van der Waals surface area contributed by atoms with Gasteiger partial charge in [0.2, 0.25) is 0 Å². The summed E-state index contributed by atoms with van der Waals surface area (Å²) in [6.45, 7) is 0.742. The van der Waals surface area contributed by atoms with Gasteiger partial charge in [-0.05, 0) is 36.2 Å². The number of aliphatic hydroxyl groups is 1. The number of rotatable bonds is 6. The number of ether oxygens (including phenoxy) is 1. The lowest BCUT2D eigenvalue weighted by Gasteiger charge is -2.25. The largest absolute Gasteiger partial charge is 0.507 e. The maximum Gasteiger partial charge on any atom is 0.295 e. The third-order valence-electron chi connectivity index (χ3n) is 4.48. The summed E-state index contributed by atoms with van der Waals surface area (Å²) >= 11 is 12.0. The summed E-state index contributed by atoms with van der Waals surface area (Å²) in [6, 6.07) is 7.24. The number of halogens is 2. The Labute approximate surface area is 172 Å². The van der Waals surface area contributed by atoms with Crippen LogP contribution in [0, 0.1) is 0 Å².